The molecule has 1 saturated heterocycles. The van der Waals surface area contributed by atoms with E-state index in [1.165, 1.54) is 7.11 Å². The first-order chi connectivity index (χ1) is 18.4. The summed E-state index contributed by atoms with van der Waals surface area (Å²) in [6, 6.07) is 23.3. The van der Waals surface area contributed by atoms with Crippen LogP contribution in [0.1, 0.15) is 34.7 Å². The summed E-state index contributed by atoms with van der Waals surface area (Å²) in [5.74, 6) is -0.208. The van der Waals surface area contributed by atoms with Gasteiger partial charge in [0.2, 0.25) is 5.91 Å². The van der Waals surface area contributed by atoms with Crippen molar-refractivity contribution in [1.29, 1.82) is 0 Å². The fourth-order valence-electron chi connectivity index (χ4n) is 5.08. The van der Waals surface area contributed by atoms with Crippen molar-refractivity contribution in [3.63, 3.8) is 0 Å². The third kappa shape index (κ3) is 5.03. The molecule has 194 valence electrons. The van der Waals surface area contributed by atoms with Crippen LogP contribution in [0.4, 0.5) is 11.4 Å². The third-order valence-electron chi connectivity index (χ3n) is 6.66. The number of ether oxygens (including phenoxy) is 1. The van der Waals surface area contributed by atoms with Crippen molar-refractivity contribution in [2.75, 3.05) is 23.9 Å². The molecular weight excluding hydrogens is 518 g/mol. The molecule has 0 bridgehead atoms. The van der Waals surface area contributed by atoms with E-state index in [-0.39, 0.29) is 24.6 Å². The van der Waals surface area contributed by atoms with Gasteiger partial charge in [-0.3, -0.25) is 9.78 Å². The second kappa shape index (κ2) is 10.9. The highest BCUT2D eigenvalue weighted by molar-refractivity contribution is 7.80. The number of aryl methyl sites for hydroxylation is 1. The largest absolute Gasteiger partial charge is 0.375 e. The number of aromatic nitrogens is 2. The van der Waals surface area contributed by atoms with Crippen molar-refractivity contribution in [3.8, 4) is 5.69 Å². The van der Waals surface area contributed by atoms with E-state index in [1.807, 2.05) is 60.7 Å². The Morgan fingerprint density at radius 1 is 1.08 bits per heavy atom. The maximum absolute atomic E-state index is 12.0. The van der Waals surface area contributed by atoms with E-state index < -0.39 is 0 Å². The predicted octanol–water partition coefficient (Wildman–Crippen LogP) is 5.90. The number of methoxy groups -OCH3 is 1. The molecule has 2 atom stereocenters. The Morgan fingerprint density at radius 2 is 1.87 bits per heavy atom. The van der Waals surface area contributed by atoms with Crippen LogP contribution in [-0.4, -0.2) is 34.3 Å². The molecule has 4 aromatic rings. The zero-order valence-electron chi connectivity index (χ0n) is 21.3. The maximum atomic E-state index is 12.0. The van der Waals surface area contributed by atoms with Crippen molar-refractivity contribution in [2.45, 2.75) is 25.9 Å². The summed E-state index contributed by atoms with van der Waals surface area (Å²) >= 11 is 12.2. The molecule has 0 spiro atoms. The first kappa shape index (κ1) is 25.9. The SMILES string of the molecule is COCC(=O)Nc1ccc(N2C(=S)N[C@H](c3ccccn3)[C@H]2c2cc(C)n(-c3cccc(Cl)c3)c2C)cc1. The molecule has 2 aromatic carbocycles. The monoisotopic (exact) mass is 545 g/mol. The van der Waals surface area contributed by atoms with Gasteiger partial charge in [0.1, 0.15) is 6.61 Å². The standard InChI is InChI=1S/C29H28ClN5O2S/c1-18-15-24(19(2)34(18)23-8-6-7-20(30)16-23)28-27(25-9-4-5-14-31-25)33-29(38)35(28)22-12-10-21(11-13-22)32-26(36)17-37-3/h4-16,27-28H,17H2,1-3H3,(H,32,36)(H,33,38)/t27-,28-/m1/s1. The first-order valence-electron chi connectivity index (χ1n) is 12.2. The number of benzene rings is 2. The molecule has 1 aliphatic heterocycles. The van der Waals surface area contributed by atoms with Crippen molar-refractivity contribution in [2.24, 2.45) is 0 Å². The minimum absolute atomic E-state index is 0.00203. The van der Waals surface area contributed by atoms with Crippen molar-refractivity contribution >= 4 is 46.2 Å². The summed E-state index contributed by atoms with van der Waals surface area (Å²) in [7, 11) is 1.49. The van der Waals surface area contributed by atoms with Crippen molar-refractivity contribution in [3.05, 3.63) is 107 Å². The fourth-order valence-corrected chi connectivity index (χ4v) is 5.61. The van der Waals surface area contributed by atoms with Crippen LogP contribution in [-0.2, 0) is 9.53 Å². The van der Waals surface area contributed by atoms with Crippen LogP contribution < -0.4 is 15.5 Å². The molecule has 0 aliphatic carbocycles. The molecule has 0 radical (unpaired) electrons. The average Bonchev–Trinajstić information content (AvgIpc) is 3.40. The van der Waals surface area contributed by atoms with E-state index >= 15 is 0 Å². The number of halogens is 1. The number of hydrogen-bond donors (Lipinski definition) is 2. The lowest BCUT2D eigenvalue weighted by Crippen LogP contribution is -2.29. The van der Waals surface area contributed by atoms with Gasteiger partial charge in [-0.1, -0.05) is 23.7 Å². The summed E-state index contributed by atoms with van der Waals surface area (Å²) in [4.78, 5) is 18.7. The highest BCUT2D eigenvalue weighted by Crippen LogP contribution is 2.44. The molecule has 7 nitrogen and oxygen atoms in total. The Labute approximate surface area is 232 Å². The Kier molecular flexibility index (Phi) is 7.46. The van der Waals surface area contributed by atoms with Gasteiger partial charge in [0, 0.05) is 46.8 Å². The van der Waals surface area contributed by atoms with Crippen LogP contribution in [0, 0.1) is 13.8 Å². The topological polar surface area (TPSA) is 71.4 Å². The molecular formula is C29H28ClN5O2S. The third-order valence-corrected chi connectivity index (χ3v) is 7.21. The second-order valence-electron chi connectivity index (χ2n) is 9.17. The first-order valence-corrected chi connectivity index (χ1v) is 13.0. The molecule has 2 aromatic heterocycles. The van der Waals surface area contributed by atoms with Crippen LogP contribution >= 0.6 is 23.8 Å². The van der Waals surface area contributed by atoms with Crippen LogP contribution in [0.15, 0.2) is 79.0 Å². The van der Waals surface area contributed by atoms with E-state index in [9.17, 15) is 4.79 Å². The van der Waals surface area contributed by atoms with Gasteiger partial charge in [0.25, 0.3) is 0 Å². The Balaban J connectivity index is 1.58. The molecule has 9 heteroatoms. The van der Waals surface area contributed by atoms with E-state index in [2.05, 4.69) is 51.1 Å². The van der Waals surface area contributed by atoms with Crippen molar-refractivity contribution in [1.82, 2.24) is 14.9 Å². The quantitative estimate of drug-likeness (QED) is 0.282. The molecule has 0 saturated carbocycles. The fraction of sp³-hybridized carbons (Fsp3) is 0.207. The zero-order chi connectivity index (χ0) is 26.8. The number of carbonyl (C=O) groups excluding carboxylic acids is 1. The molecule has 3 heterocycles. The number of rotatable bonds is 7. The van der Waals surface area contributed by atoms with E-state index in [0.717, 1.165) is 34.0 Å². The van der Waals surface area contributed by atoms with Gasteiger partial charge in [-0.25, -0.2) is 0 Å². The lowest BCUT2D eigenvalue weighted by molar-refractivity contribution is -0.119. The smallest absolute Gasteiger partial charge is 0.250 e. The minimum Gasteiger partial charge on any atom is -0.375 e. The summed E-state index contributed by atoms with van der Waals surface area (Å²) in [5.41, 5.74) is 6.81. The van der Waals surface area contributed by atoms with Crippen LogP contribution in [0.2, 0.25) is 5.02 Å². The molecule has 5 rings (SSSR count). The van der Waals surface area contributed by atoms with Gasteiger partial charge in [0.05, 0.1) is 17.8 Å². The van der Waals surface area contributed by atoms with Crippen LogP contribution in [0.5, 0.6) is 0 Å². The Morgan fingerprint density at radius 3 is 2.55 bits per heavy atom. The molecule has 1 fully saturated rings. The number of thiocarbonyl (C=S) groups is 1. The summed E-state index contributed by atoms with van der Waals surface area (Å²) in [6.07, 6.45) is 1.80. The minimum atomic E-state index is -0.208. The van der Waals surface area contributed by atoms with Gasteiger partial charge < -0.3 is 24.8 Å². The average molecular weight is 546 g/mol. The summed E-state index contributed by atoms with van der Waals surface area (Å²) in [5, 5.41) is 7.64. The zero-order valence-corrected chi connectivity index (χ0v) is 22.9. The number of nitrogens with zero attached hydrogens (tertiary/aromatic N) is 3. The number of carbonyl (C=O) groups is 1. The van der Waals surface area contributed by atoms with Crippen LogP contribution in [0.25, 0.3) is 5.69 Å². The van der Waals surface area contributed by atoms with Gasteiger partial charge in [-0.2, -0.15) is 0 Å². The second-order valence-corrected chi connectivity index (χ2v) is 9.99. The normalized spacial score (nSPS) is 16.9. The Bertz CT molecular complexity index is 1470. The number of hydrogen-bond acceptors (Lipinski definition) is 4. The summed E-state index contributed by atoms with van der Waals surface area (Å²) in [6.45, 7) is 4.21. The van der Waals surface area contributed by atoms with Crippen molar-refractivity contribution < 1.29 is 9.53 Å². The highest BCUT2D eigenvalue weighted by atomic mass is 35.5. The molecule has 2 N–H and O–H groups in total. The molecule has 1 aliphatic rings. The predicted molar refractivity (Wildman–Crippen MR) is 155 cm³/mol. The number of nitrogens with one attached hydrogen (secondary N) is 2. The lowest BCUT2D eigenvalue weighted by atomic mass is 9.96. The number of pyridine rings is 1. The van der Waals surface area contributed by atoms with Gasteiger partial charge >= 0.3 is 0 Å². The summed E-state index contributed by atoms with van der Waals surface area (Å²) < 4.78 is 7.13. The van der Waals surface area contributed by atoms with Gasteiger partial charge in [-0.15, -0.1) is 0 Å². The van der Waals surface area contributed by atoms with E-state index in [1.54, 1.807) is 6.20 Å². The molecule has 0 unspecified atom stereocenters. The number of anilines is 2. The molecule has 1 amide bonds. The maximum Gasteiger partial charge on any atom is 0.250 e. The lowest BCUT2D eigenvalue weighted by Gasteiger charge is -2.28. The Hall–Kier alpha value is -3.72. The highest BCUT2D eigenvalue weighted by Gasteiger charge is 2.42. The van der Waals surface area contributed by atoms with Gasteiger partial charge in [0.15, 0.2) is 5.11 Å². The number of amides is 1. The van der Waals surface area contributed by atoms with Crippen LogP contribution in [0.3, 0.4) is 0 Å². The molecule has 38 heavy (non-hydrogen) atoms. The van der Waals surface area contributed by atoms with E-state index in [4.69, 9.17) is 28.6 Å². The van der Waals surface area contributed by atoms with Gasteiger partial charge in [-0.05, 0) is 92.3 Å². The van der Waals surface area contributed by atoms with E-state index in [0.29, 0.717) is 15.8 Å².